The van der Waals surface area contributed by atoms with Gasteiger partial charge in [0.05, 0.1) is 5.75 Å². The molecule has 0 radical (unpaired) electrons. The monoisotopic (exact) mass is 314 g/mol. The summed E-state index contributed by atoms with van der Waals surface area (Å²) in [6.45, 7) is 3.45. The molecule has 0 aromatic heterocycles. The molecule has 0 aromatic carbocycles. The molecule has 2 saturated heterocycles. The van der Waals surface area contributed by atoms with Crippen LogP contribution in [0.2, 0.25) is 0 Å². The molecular weight excluding hydrogens is 284 g/mol. The van der Waals surface area contributed by atoms with E-state index in [0.717, 1.165) is 51.9 Å². The molecule has 1 spiro atoms. The molecule has 0 amide bonds. The summed E-state index contributed by atoms with van der Waals surface area (Å²) in [7, 11) is -3.04. The quantitative estimate of drug-likeness (QED) is 0.870. The van der Waals surface area contributed by atoms with Crippen molar-refractivity contribution in [3.05, 3.63) is 0 Å². The Labute approximate surface area is 129 Å². The summed E-state index contributed by atoms with van der Waals surface area (Å²) >= 11 is 0. The van der Waals surface area contributed by atoms with E-state index >= 15 is 0 Å². The average molecular weight is 314 g/mol. The first-order chi connectivity index (χ1) is 10.1. The van der Waals surface area contributed by atoms with Gasteiger partial charge in [0.25, 0.3) is 0 Å². The maximum Gasteiger partial charge on any atom is 0.214 e. The minimum absolute atomic E-state index is 0.314. The van der Waals surface area contributed by atoms with Gasteiger partial charge in [0, 0.05) is 13.1 Å². The molecule has 3 fully saturated rings. The number of hydrogen-bond acceptors (Lipinski definition) is 3. The van der Waals surface area contributed by atoms with Crippen LogP contribution in [-0.4, -0.2) is 44.7 Å². The van der Waals surface area contributed by atoms with Crippen molar-refractivity contribution in [2.24, 2.45) is 11.3 Å². The van der Waals surface area contributed by atoms with Gasteiger partial charge in [-0.1, -0.05) is 19.3 Å². The minimum atomic E-state index is -3.04. The van der Waals surface area contributed by atoms with Crippen LogP contribution in [0.1, 0.15) is 57.8 Å². The van der Waals surface area contributed by atoms with Crippen molar-refractivity contribution in [1.82, 2.24) is 9.62 Å². The van der Waals surface area contributed by atoms with Gasteiger partial charge in [0.1, 0.15) is 0 Å². The minimum Gasteiger partial charge on any atom is -0.316 e. The van der Waals surface area contributed by atoms with Crippen molar-refractivity contribution in [2.75, 3.05) is 31.9 Å². The molecule has 0 bridgehead atoms. The summed E-state index contributed by atoms with van der Waals surface area (Å²) in [5.41, 5.74) is 0.483. The van der Waals surface area contributed by atoms with Gasteiger partial charge in [-0.05, 0) is 62.9 Å². The Balaban J connectivity index is 1.54. The lowest BCUT2D eigenvalue weighted by Gasteiger charge is -2.44. The third-order valence-electron chi connectivity index (χ3n) is 5.94. The molecule has 3 aliphatic rings. The SMILES string of the molecule is O=S(=O)(CC1CCCNC1)N1CCC2(CCCCC2)CC1. The molecule has 0 aromatic rings. The van der Waals surface area contributed by atoms with Gasteiger partial charge in [0.15, 0.2) is 0 Å². The average Bonchev–Trinajstić information content (AvgIpc) is 2.49. The van der Waals surface area contributed by atoms with Gasteiger partial charge in [-0.2, -0.15) is 0 Å². The van der Waals surface area contributed by atoms with Crippen LogP contribution in [0.3, 0.4) is 0 Å². The number of nitrogens with one attached hydrogen (secondary N) is 1. The van der Waals surface area contributed by atoms with Crippen molar-refractivity contribution in [1.29, 1.82) is 0 Å². The Kier molecular flexibility index (Phi) is 4.91. The zero-order valence-electron chi connectivity index (χ0n) is 13.1. The summed E-state index contributed by atoms with van der Waals surface area (Å²) in [5, 5.41) is 3.32. The van der Waals surface area contributed by atoms with Gasteiger partial charge in [-0.25, -0.2) is 12.7 Å². The van der Waals surface area contributed by atoms with Gasteiger partial charge in [-0.3, -0.25) is 0 Å². The van der Waals surface area contributed by atoms with Crippen molar-refractivity contribution in [3.63, 3.8) is 0 Å². The topological polar surface area (TPSA) is 49.4 Å². The highest BCUT2D eigenvalue weighted by Crippen LogP contribution is 2.44. The second-order valence-corrected chi connectivity index (χ2v) is 9.46. The van der Waals surface area contributed by atoms with Crippen molar-refractivity contribution >= 4 is 10.0 Å². The lowest BCUT2D eigenvalue weighted by molar-refractivity contribution is 0.102. The molecule has 122 valence electrons. The molecule has 5 heteroatoms. The molecule has 4 nitrogen and oxygen atoms in total. The zero-order valence-corrected chi connectivity index (χ0v) is 14.0. The van der Waals surface area contributed by atoms with E-state index in [0.29, 0.717) is 17.1 Å². The Bertz CT molecular complexity index is 427. The Morgan fingerprint density at radius 2 is 1.71 bits per heavy atom. The van der Waals surface area contributed by atoms with E-state index in [1.165, 1.54) is 32.1 Å². The van der Waals surface area contributed by atoms with Crippen LogP contribution in [0.15, 0.2) is 0 Å². The van der Waals surface area contributed by atoms with E-state index in [-0.39, 0.29) is 0 Å². The zero-order chi connectivity index (χ0) is 14.8. The highest BCUT2D eigenvalue weighted by molar-refractivity contribution is 7.89. The Morgan fingerprint density at radius 3 is 2.33 bits per heavy atom. The maximum absolute atomic E-state index is 12.6. The molecule has 1 unspecified atom stereocenters. The number of rotatable bonds is 3. The van der Waals surface area contributed by atoms with Gasteiger partial charge >= 0.3 is 0 Å². The predicted molar refractivity (Wildman–Crippen MR) is 85.7 cm³/mol. The normalized spacial score (nSPS) is 31.3. The van der Waals surface area contributed by atoms with E-state index in [2.05, 4.69) is 5.32 Å². The van der Waals surface area contributed by atoms with E-state index in [9.17, 15) is 8.42 Å². The largest absolute Gasteiger partial charge is 0.316 e. The first kappa shape index (κ1) is 15.8. The number of piperidine rings is 2. The fourth-order valence-corrected chi connectivity index (χ4v) is 6.34. The van der Waals surface area contributed by atoms with Crippen LogP contribution in [0.25, 0.3) is 0 Å². The summed E-state index contributed by atoms with van der Waals surface area (Å²) in [5.74, 6) is 0.668. The van der Waals surface area contributed by atoms with Gasteiger partial charge < -0.3 is 5.32 Å². The third-order valence-corrected chi connectivity index (χ3v) is 7.98. The van der Waals surface area contributed by atoms with Crippen molar-refractivity contribution in [2.45, 2.75) is 57.8 Å². The van der Waals surface area contributed by atoms with E-state index in [1.54, 1.807) is 4.31 Å². The number of hydrogen-bond donors (Lipinski definition) is 1. The maximum atomic E-state index is 12.6. The highest BCUT2D eigenvalue weighted by atomic mass is 32.2. The first-order valence-corrected chi connectivity index (χ1v) is 10.4. The van der Waals surface area contributed by atoms with Crippen LogP contribution in [0.5, 0.6) is 0 Å². The number of sulfonamides is 1. The van der Waals surface area contributed by atoms with E-state index in [4.69, 9.17) is 0 Å². The third kappa shape index (κ3) is 3.80. The fraction of sp³-hybridized carbons (Fsp3) is 1.00. The predicted octanol–water partition coefficient (Wildman–Crippen LogP) is 2.36. The lowest BCUT2D eigenvalue weighted by Crippen LogP contribution is -2.46. The Morgan fingerprint density at radius 1 is 1.00 bits per heavy atom. The van der Waals surface area contributed by atoms with Crippen molar-refractivity contribution in [3.8, 4) is 0 Å². The number of nitrogens with zero attached hydrogens (tertiary/aromatic N) is 1. The molecule has 1 N–H and O–H groups in total. The van der Waals surface area contributed by atoms with E-state index in [1.807, 2.05) is 0 Å². The molecule has 2 aliphatic heterocycles. The first-order valence-electron chi connectivity index (χ1n) is 8.78. The molecule has 3 rings (SSSR count). The molecule has 21 heavy (non-hydrogen) atoms. The standard InChI is InChI=1S/C16H30N2O2S/c19-21(20,14-15-5-4-10-17-13-15)18-11-8-16(9-12-18)6-2-1-3-7-16/h15,17H,1-14H2. The fourth-order valence-electron chi connectivity index (χ4n) is 4.51. The summed E-state index contributed by atoms with van der Waals surface area (Å²) < 4.78 is 27.0. The molecular formula is C16H30N2O2S. The van der Waals surface area contributed by atoms with Crippen LogP contribution >= 0.6 is 0 Å². The van der Waals surface area contributed by atoms with Gasteiger partial charge in [0.2, 0.25) is 10.0 Å². The Hall–Kier alpha value is -0.130. The van der Waals surface area contributed by atoms with Gasteiger partial charge in [-0.15, -0.1) is 0 Å². The molecule has 1 atom stereocenters. The molecule has 2 heterocycles. The summed E-state index contributed by atoms with van der Waals surface area (Å²) in [6.07, 6.45) is 11.1. The summed E-state index contributed by atoms with van der Waals surface area (Å²) in [6, 6.07) is 0. The van der Waals surface area contributed by atoms with Crippen LogP contribution < -0.4 is 5.32 Å². The second-order valence-electron chi connectivity index (χ2n) is 7.45. The van der Waals surface area contributed by atoms with E-state index < -0.39 is 10.0 Å². The van der Waals surface area contributed by atoms with Crippen molar-refractivity contribution < 1.29 is 8.42 Å². The summed E-state index contributed by atoms with van der Waals surface area (Å²) in [4.78, 5) is 0. The van der Waals surface area contributed by atoms with Crippen LogP contribution in [-0.2, 0) is 10.0 Å². The lowest BCUT2D eigenvalue weighted by atomic mass is 9.68. The smallest absolute Gasteiger partial charge is 0.214 e. The van der Waals surface area contributed by atoms with Crippen LogP contribution in [0.4, 0.5) is 0 Å². The second kappa shape index (κ2) is 6.55. The molecule has 1 aliphatic carbocycles. The van der Waals surface area contributed by atoms with Crippen LogP contribution in [0, 0.1) is 11.3 Å². The highest BCUT2D eigenvalue weighted by Gasteiger charge is 2.39. The molecule has 1 saturated carbocycles.